The van der Waals surface area contributed by atoms with E-state index in [4.69, 9.17) is 5.84 Å². The number of hydrogen-bond acceptors (Lipinski definition) is 6. The highest BCUT2D eigenvalue weighted by atomic mass is 32.2. The van der Waals surface area contributed by atoms with Gasteiger partial charge in [0.05, 0.1) is 18.1 Å². The lowest BCUT2D eigenvalue weighted by Crippen LogP contribution is -2.21. The number of aromatic nitrogens is 2. The average Bonchev–Trinajstić information content (AvgIpc) is 2.27. The van der Waals surface area contributed by atoms with Crippen LogP contribution in [0.15, 0.2) is 12.4 Å². The van der Waals surface area contributed by atoms with Crippen molar-refractivity contribution in [1.29, 1.82) is 0 Å². The first-order valence-corrected chi connectivity index (χ1v) is 6.10. The maximum atomic E-state index is 5.20. The van der Waals surface area contributed by atoms with Gasteiger partial charge >= 0.3 is 0 Å². The van der Waals surface area contributed by atoms with Gasteiger partial charge in [0.2, 0.25) is 0 Å². The van der Waals surface area contributed by atoms with Gasteiger partial charge in [-0.15, -0.1) is 0 Å². The van der Waals surface area contributed by atoms with Crippen molar-refractivity contribution in [3.05, 3.63) is 18.1 Å². The van der Waals surface area contributed by atoms with Crippen molar-refractivity contribution in [3.8, 4) is 0 Å². The SMILES string of the molecule is CSCCN(C)Cc1cnc(NN)cn1. The van der Waals surface area contributed by atoms with Gasteiger partial charge in [-0.25, -0.2) is 10.8 Å². The summed E-state index contributed by atoms with van der Waals surface area (Å²) in [6, 6.07) is 0. The van der Waals surface area contributed by atoms with E-state index in [-0.39, 0.29) is 0 Å². The van der Waals surface area contributed by atoms with E-state index in [9.17, 15) is 0 Å². The van der Waals surface area contributed by atoms with Crippen LogP contribution in [0.1, 0.15) is 5.69 Å². The highest BCUT2D eigenvalue weighted by Crippen LogP contribution is 2.02. The number of thioether (sulfide) groups is 1. The zero-order valence-corrected chi connectivity index (χ0v) is 9.92. The molecule has 1 heterocycles. The summed E-state index contributed by atoms with van der Waals surface area (Å²) in [5.41, 5.74) is 3.41. The molecule has 0 bridgehead atoms. The molecule has 1 aromatic heterocycles. The number of nitrogens with one attached hydrogen (secondary N) is 1. The number of rotatable bonds is 6. The third kappa shape index (κ3) is 4.46. The van der Waals surface area contributed by atoms with Crippen molar-refractivity contribution in [3.63, 3.8) is 0 Å². The van der Waals surface area contributed by atoms with Gasteiger partial charge in [-0.3, -0.25) is 9.88 Å². The first-order valence-electron chi connectivity index (χ1n) is 4.71. The van der Waals surface area contributed by atoms with Crippen LogP contribution in [-0.4, -0.2) is 40.5 Å². The molecule has 0 unspecified atom stereocenters. The molecular formula is C9H17N5S. The van der Waals surface area contributed by atoms with Crippen LogP contribution in [-0.2, 0) is 6.54 Å². The second-order valence-electron chi connectivity index (χ2n) is 3.27. The van der Waals surface area contributed by atoms with E-state index >= 15 is 0 Å². The Bertz CT molecular complexity index is 276. The second-order valence-corrected chi connectivity index (χ2v) is 4.25. The van der Waals surface area contributed by atoms with Crippen LogP contribution in [0.25, 0.3) is 0 Å². The van der Waals surface area contributed by atoms with E-state index in [1.165, 1.54) is 0 Å². The number of hydrazine groups is 1. The number of anilines is 1. The summed E-state index contributed by atoms with van der Waals surface area (Å²) in [7, 11) is 2.08. The maximum absolute atomic E-state index is 5.20. The molecule has 0 aliphatic heterocycles. The van der Waals surface area contributed by atoms with Crippen LogP contribution in [0.5, 0.6) is 0 Å². The molecule has 0 saturated carbocycles. The molecule has 0 atom stereocenters. The van der Waals surface area contributed by atoms with E-state index < -0.39 is 0 Å². The van der Waals surface area contributed by atoms with Crippen LogP contribution < -0.4 is 11.3 Å². The summed E-state index contributed by atoms with van der Waals surface area (Å²) < 4.78 is 0. The molecule has 0 fully saturated rings. The number of nitrogens with zero attached hydrogens (tertiary/aromatic N) is 3. The second kappa shape index (κ2) is 6.60. The summed E-state index contributed by atoms with van der Waals surface area (Å²) >= 11 is 1.84. The zero-order valence-electron chi connectivity index (χ0n) is 9.10. The van der Waals surface area contributed by atoms with Gasteiger partial charge in [-0.05, 0) is 13.3 Å². The summed E-state index contributed by atoms with van der Waals surface area (Å²) in [6.07, 6.45) is 5.48. The van der Waals surface area contributed by atoms with Gasteiger partial charge in [0, 0.05) is 18.8 Å². The predicted octanol–water partition coefficient (Wildman–Crippen LogP) is 0.557. The molecule has 0 amide bonds. The highest BCUT2D eigenvalue weighted by molar-refractivity contribution is 7.98. The lowest BCUT2D eigenvalue weighted by atomic mass is 10.4. The highest BCUT2D eigenvalue weighted by Gasteiger charge is 2.01. The molecule has 6 heteroatoms. The van der Waals surface area contributed by atoms with Crippen LogP contribution in [0, 0.1) is 0 Å². The number of hydrogen-bond donors (Lipinski definition) is 2. The molecule has 0 radical (unpaired) electrons. The van der Waals surface area contributed by atoms with E-state index in [1.54, 1.807) is 12.4 Å². The van der Waals surface area contributed by atoms with Crippen LogP contribution in [0.4, 0.5) is 5.82 Å². The van der Waals surface area contributed by atoms with E-state index in [0.717, 1.165) is 24.5 Å². The van der Waals surface area contributed by atoms with Gasteiger partial charge in [0.25, 0.3) is 0 Å². The molecule has 0 aliphatic carbocycles. The molecule has 0 aromatic carbocycles. The van der Waals surface area contributed by atoms with Crippen molar-refractivity contribution in [1.82, 2.24) is 14.9 Å². The Balaban J connectivity index is 2.42. The Labute approximate surface area is 94.4 Å². The summed E-state index contributed by atoms with van der Waals surface area (Å²) in [5, 5.41) is 0. The van der Waals surface area contributed by atoms with E-state index in [0.29, 0.717) is 5.82 Å². The Morgan fingerprint density at radius 1 is 1.47 bits per heavy atom. The van der Waals surface area contributed by atoms with Crippen molar-refractivity contribution in [2.45, 2.75) is 6.54 Å². The topological polar surface area (TPSA) is 67.1 Å². The summed E-state index contributed by atoms with van der Waals surface area (Å²) in [4.78, 5) is 10.6. The first kappa shape index (κ1) is 12.2. The van der Waals surface area contributed by atoms with Crippen molar-refractivity contribution < 1.29 is 0 Å². The lowest BCUT2D eigenvalue weighted by molar-refractivity contribution is 0.344. The van der Waals surface area contributed by atoms with Gasteiger partial charge in [-0.1, -0.05) is 0 Å². The quantitative estimate of drug-likeness (QED) is 0.547. The molecule has 0 spiro atoms. The Morgan fingerprint density at radius 2 is 2.27 bits per heavy atom. The Morgan fingerprint density at radius 3 is 2.80 bits per heavy atom. The lowest BCUT2D eigenvalue weighted by Gasteiger charge is -2.14. The monoisotopic (exact) mass is 227 g/mol. The first-order chi connectivity index (χ1) is 7.26. The van der Waals surface area contributed by atoms with Crippen molar-refractivity contribution >= 4 is 17.6 Å². The van der Waals surface area contributed by atoms with E-state index in [1.807, 2.05) is 11.8 Å². The molecule has 84 valence electrons. The van der Waals surface area contributed by atoms with Gasteiger partial charge in [0.1, 0.15) is 0 Å². The maximum Gasteiger partial charge on any atom is 0.158 e. The Hall–Kier alpha value is -0.850. The standard InChI is InChI=1S/C9H17N5S/c1-14(3-4-15-2)7-8-5-12-9(13-10)6-11-8/h5-6H,3-4,7,10H2,1-2H3,(H,12,13). The van der Waals surface area contributed by atoms with E-state index in [2.05, 4.69) is 33.6 Å². The summed E-state index contributed by atoms with van der Waals surface area (Å²) in [6.45, 7) is 1.87. The largest absolute Gasteiger partial charge is 0.307 e. The zero-order chi connectivity index (χ0) is 11.1. The molecule has 15 heavy (non-hydrogen) atoms. The third-order valence-corrected chi connectivity index (χ3v) is 2.55. The molecule has 1 aromatic rings. The minimum atomic E-state index is 0.588. The molecule has 0 saturated heterocycles. The van der Waals surface area contributed by atoms with Crippen molar-refractivity contribution in [2.75, 3.05) is 31.0 Å². The van der Waals surface area contributed by atoms with Gasteiger partial charge in [-0.2, -0.15) is 11.8 Å². The number of nitrogen functional groups attached to an aromatic ring is 1. The molecule has 0 aliphatic rings. The third-order valence-electron chi connectivity index (χ3n) is 1.96. The predicted molar refractivity (Wildman–Crippen MR) is 64.6 cm³/mol. The smallest absolute Gasteiger partial charge is 0.158 e. The summed E-state index contributed by atoms with van der Waals surface area (Å²) in [5.74, 6) is 6.92. The fraction of sp³-hybridized carbons (Fsp3) is 0.556. The average molecular weight is 227 g/mol. The normalized spacial score (nSPS) is 10.7. The molecular weight excluding hydrogens is 210 g/mol. The molecule has 3 N–H and O–H groups in total. The van der Waals surface area contributed by atoms with Crippen LogP contribution >= 0.6 is 11.8 Å². The molecule has 5 nitrogen and oxygen atoms in total. The van der Waals surface area contributed by atoms with Crippen LogP contribution in [0.3, 0.4) is 0 Å². The fourth-order valence-corrected chi connectivity index (χ4v) is 1.61. The molecule has 1 rings (SSSR count). The minimum Gasteiger partial charge on any atom is -0.307 e. The fourth-order valence-electron chi connectivity index (χ4n) is 1.11. The Kier molecular flexibility index (Phi) is 5.38. The minimum absolute atomic E-state index is 0.588. The van der Waals surface area contributed by atoms with Gasteiger partial charge < -0.3 is 5.43 Å². The van der Waals surface area contributed by atoms with Gasteiger partial charge in [0.15, 0.2) is 5.82 Å². The van der Waals surface area contributed by atoms with Crippen molar-refractivity contribution in [2.24, 2.45) is 5.84 Å². The van der Waals surface area contributed by atoms with Crippen LogP contribution in [0.2, 0.25) is 0 Å². The number of nitrogens with two attached hydrogens (primary N) is 1.